The Morgan fingerprint density at radius 1 is 1.19 bits per heavy atom. The summed E-state index contributed by atoms with van der Waals surface area (Å²) in [5.74, 6) is 0.833. The molecule has 116 valence electrons. The highest BCUT2D eigenvalue weighted by atomic mass is 16.5. The lowest BCUT2D eigenvalue weighted by molar-refractivity contribution is 0.112. The minimum Gasteiger partial charge on any atom is -0.493 e. The molecule has 1 saturated heterocycles. The zero-order valence-corrected chi connectivity index (χ0v) is 13.2. The molecule has 0 bridgehead atoms. The van der Waals surface area contributed by atoms with Gasteiger partial charge in [-0.25, -0.2) is 0 Å². The normalized spacial score (nSPS) is 16.9. The third-order valence-electron chi connectivity index (χ3n) is 4.07. The first-order valence-electron chi connectivity index (χ1n) is 7.78. The molecule has 1 heterocycles. The summed E-state index contributed by atoms with van der Waals surface area (Å²) in [7, 11) is 2.18. The van der Waals surface area contributed by atoms with Gasteiger partial charge in [0.15, 0.2) is 0 Å². The van der Waals surface area contributed by atoms with Crippen molar-refractivity contribution in [1.29, 1.82) is 0 Å². The van der Waals surface area contributed by atoms with E-state index in [0.717, 1.165) is 43.6 Å². The molecule has 1 aliphatic heterocycles. The van der Waals surface area contributed by atoms with Gasteiger partial charge in [-0.05, 0) is 45.0 Å². The fourth-order valence-electron chi connectivity index (χ4n) is 2.54. The van der Waals surface area contributed by atoms with Gasteiger partial charge in [0.1, 0.15) is 12.0 Å². The number of carbonyl (C=O) groups is 1. The summed E-state index contributed by atoms with van der Waals surface area (Å²) in [6, 6.07) is 5.58. The molecule has 0 radical (unpaired) electrons. The monoisotopic (exact) mass is 290 g/mol. The van der Waals surface area contributed by atoms with Crippen LogP contribution in [0.3, 0.4) is 0 Å². The number of hydrogen-bond donors (Lipinski definition) is 0. The van der Waals surface area contributed by atoms with Crippen LogP contribution in [-0.2, 0) is 0 Å². The lowest BCUT2D eigenvalue weighted by Crippen LogP contribution is -2.44. The Hall–Kier alpha value is -1.39. The standard InChI is InChI=1S/C17H26N2O2/c1-15-5-6-16(14-20)13-17(15)21-12-4-3-7-19-10-8-18(2)9-11-19/h5-6,13-14H,3-4,7-12H2,1-2H3. The van der Waals surface area contributed by atoms with E-state index in [1.807, 2.05) is 25.1 Å². The van der Waals surface area contributed by atoms with Crippen molar-refractivity contribution < 1.29 is 9.53 Å². The van der Waals surface area contributed by atoms with Crippen molar-refractivity contribution in [2.45, 2.75) is 19.8 Å². The summed E-state index contributed by atoms with van der Waals surface area (Å²) >= 11 is 0. The molecule has 0 unspecified atom stereocenters. The van der Waals surface area contributed by atoms with Crippen molar-refractivity contribution in [3.8, 4) is 5.75 Å². The van der Waals surface area contributed by atoms with E-state index < -0.39 is 0 Å². The molecular weight excluding hydrogens is 264 g/mol. The number of rotatable bonds is 7. The van der Waals surface area contributed by atoms with Crippen LogP contribution in [0.1, 0.15) is 28.8 Å². The van der Waals surface area contributed by atoms with Crippen molar-refractivity contribution in [2.24, 2.45) is 0 Å². The Kier molecular flexibility index (Phi) is 6.21. The zero-order chi connectivity index (χ0) is 15.1. The molecule has 0 aliphatic carbocycles. The number of hydrogen-bond acceptors (Lipinski definition) is 4. The van der Waals surface area contributed by atoms with Gasteiger partial charge in [-0.15, -0.1) is 0 Å². The fraction of sp³-hybridized carbons (Fsp3) is 0.588. The summed E-state index contributed by atoms with van der Waals surface area (Å²) in [6.07, 6.45) is 3.08. The summed E-state index contributed by atoms with van der Waals surface area (Å²) in [5.41, 5.74) is 1.76. The van der Waals surface area contributed by atoms with E-state index in [9.17, 15) is 4.79 Å². The number of aldehydes is 1. The highest BCUT2D eigenvalue weighted by molar-refractivity contribution is 5.75. The molecule has 1 aromatic rings. The van der Waals surface area contributed by atoms with E-state index >= 15 is 0 Å². The highest BCUT2D eigenvalue weighted by Crippen LogP contribution is 2.19. The third-order valence-corrected chi connectivity index (χ3v) is 4.07. The molecule has 0 atom stereocenters. The van der Waals surface area contributed by atoms with Gasteiger partial charge in [0, 0.05) is 31.7 Å². The quantitative estimate of drug-likeness (QED) is 0.569. The number of benzene rings is 1. The number of likely N-dealkylation sites (N-methyl/N-ethyl adjacent to an activating group) is 1. The number of aryl methyl sites for hydroxylation is 1. The van der Waals surface area contributed by atoms with E-state index in [4.69, 9.17) is 4.74 Å². The lowest BCUT2D eigenvalue weighted by Gasteiger charge is -2.32. The first-order valence-corrected chi connectivity index (χ1v) is 7.78. The molecule has 0 aromatic heterocycles. The van der Waals surface area contributed by atoms with Crippen LogP contribution >= 0.6 is 0 Å². The van der Waals surface area contributed by atoms with Gasteiger partial charge in [-0.3, -0.25) is 4.79 Å². The smallest absolute Gasteiger partial charge is 0.150 e. The Morgan fingerprint density at radius 3 is 2.67 bits per heavy atom. The largest absolute Gasteiger partial charge is 0.493 e. The van der Waals surface area contributed by atoms with Crippen LogP contribution in [-0.4, -0.2) is 62.5 Å². The average molecular weight is 290 g/mol. The molecule has 21 heavy (non-hydrogen) atoms. The second-order valence-corrected chi connectivity index (χ2v) is 5.84. The van der Waals surface area contributed by atoms with Crippen molar-refractivity contribution >= 4 is 6.29 Å². The maximum atomic E-state index is 10.8. The Balaban J connectivity index is 1.64. The Morgan fingerprint density at radius 2 is 1.95 bits per heavy atom. The number of unbranched alkanes of at least 4 members (excludes halogenated alkanes) is 1. The van der Waals surface area contributed by atoms with Crippen LogP contribution in [0.25, 0.3) is 0 Å². The highest BCUT2D eigenvalue weighted by Gasteiger charge is 2.12. The van der Waals surface area contributed by atoms with Gasteiger partial charge < -0.3 is 14.5 Å². The first-order chi connectivity index (χ1) is 10.2. The number of ether oxygens (including phenoxy) is 1. The van der Waals surface area contributed by atoms with Gasteiger partial charge in [-0.2, -0.15) is 0 Å². The topological polar surface area (TPSA) is 32.8 Å². The molecule has 0 spiro atoms. The fourth-order valence-corrected chi connectivity index (χ4v) is 2.54. The van der Waals surface area contributed by atoms with Crippen LogP contribution in [0.4, 0.5) is 0 Å². The molecule has 0 N–H and O–H groups in total. The Bertz CT molecular complexity index is 454. The average Bonchev–Trinajstić information content (AvgIpc) is 2.50. The number of piperazine rings is 1. The van der Waals surface area contributed by atoms with Crippen LogP contribution < -0.4 is 4.74 Å². The second-order valence-electron chi connectivity index (χ2n) is 5.84. The number of nitrogens with zero attached hydrogens (tertiary/aromatic N) is 2. The maximum Gasteiger partial charge on any atom is 0.150 e. The van der Waals surface area contributed by atoms with Gasteiger partial charge in [0.25, 0.3) is 0 Å². The molecule has 1 fully saturated rings. The molecule has 1 aromatic carbocycles. The predicted molar refractivity (Wildman–Crippen MR) is 85.2 cm³/mol. The van der Waals surface area contributed by atoms with Crippen LogP contribution in [0.2, 0.25) is 0 Å². The van der Waals surface area contributed by atoms with E-state index in [1.165, 1.54) is 26.2 Å². The third kappa shape index (κ3) is 5.14. The molecule has 0 amide bonds. The summed E-state index contributed by atoms with van der Waals surface area (Å²) in [5, 5.41) is 0. The van der Waals surface area contributed by atoms with E-state index in [2.05, 4.69) is 16.8 Å². The van der Waals surface area contributed by atoms with Gasteiger partial charge in [0.05, 0.1) is 6.61 Å². The summed E-state index contributed by atoms with van der Waals surface area (Å²) < 4.78 is 5.80. The first kappa shape index (κ1) is 16.0. The van der Waals surface area contributed by atoms with Gasteiger partial charge in [-0.1, -0.05) is 12.1 Å². The molecule has 0 saturated carbocycles. The summed E-state index contributed by atoms with van der Waals surface area (Å²) in [4.78, 5) is 15.7. The Labute approximate surface area is 127 Å². The molecule has 2 rings (SSSR count). The zero-order valence-electron chi connectivity index (χ0n) is 13.2. The van der Waals surface area contributed by atoms with Crippen LogP contribution in [0.15, 0.2) is 18.2 Å². The van der Waals surface area contributed by atoms with Gasteiger partial charge >= 0.3 is 0 Å². The van der Waals surface area contributed by atoms with Crippen molar-refractivity contribution in [3.05, 3.63) is 29.3 Å². The number of carbonyl (C=O) groups excluding carboxylic acids is 1. The van der Waals surface area contributed by atoms with E-state index in [-0.39, 0.29) is 0 Å². The molecular formula is C17H26N2O2. The minimum absolute atomic E-state index is 0.674. The van der Waals surface area contributed by atoms with Gasteiger partial charge in [0.2, 0.25) is 0 Å². The predicted octanol–water partition coefficient (Wildman–Crippen LogP) is 2.21. The van der Waals surface area contributed by atoms with Crippen molar-refractivity contribution in [3.63, 3.8) is 0 Å². The van der Waals surface area contributed by atoms with E-state index in [0.29, 0.717) is 5.56 Å². The molecule has 1 aliphatic rings. The van der Waals surface area contributed by atoms with Crippen molar-refractivity contribution in [1.82, 2.24) is 9.80 Å². The minimum atomic E-state index is 0.674. The molecule has 4 nitrogen and oxygen atoms in total. The second kappa shape index (κ2) is 8.15. The molecule has 4 heteroatoms. The SMILES string of the molecule is Cc1ccc(C=O)cc1OCCCCN1CCN(C)CC1. The summed E-state index contributed by atoms with van der Waals surface area (Å²) in [6.45, 7) is 8.59. The lowest BCUT2D eigenvalue weighted by atomic mass is 10.1. The van der Waals surface area contributed by atoms with Crippen LogP contribution in [0.5, 0.6) is 5.75 Å². The van der Waals surface area contributed by atoms with E-state index in [1.54, 1.807) is 0 Å². The van der Waals surface area contributed by atoms with Crippen LogP contribution in [0, 0.1) is 6.92 Å². The van der Waals surface area contributed by atoms with Crippen molar-refractivity contribution in [2.75, 3.05) is 46.4 Å². The maximum absolute atomic E-state index is 10.8.